The summed E-state index contributed by atoms with van der Waals surface area (Å²) < 4.78 is 45.3. The zero-order valence-corrected chi connectivity index (χ0v) is 21.3. The van der Waals surface area contributed by atoms with Crippen molar-refractivity contribution in [3.05, 3.63) is 60.0 Å². The van der Waals surface area contributed by atoms with E-state index in [-0.39, 0.29) is 17.3 Å². The Labute approximate surface area is 206 Å². The Bertz CT molecular complexity index is 1320. The van der Waals surface area contributed by atoms with Crippen molar-refractivity contribution in [3.63, 3.8) is 0 Å². The van der Waals surface area contributed by atoms with Crippen LogP contribution < -0.4 is 14.8 Å². The van der Waals surface area contributed by atoms with Gasteiger partial charge in [0.05, 0.1) is 19.1 Å². The SMILES string of the molecule is COc1c(F)cc(-c2cc(-c3ccc(C4CCN(C)CC4)cc3)cnc2N)cc1N(C)S(C)(=O)=O. The lowest BCUT2D eigenvalue weighted by molar-refractivity contribution is 0.255. The van der Waals surface area contributed by atoms with Gasteiger partial charge in [-0.25, -0.2) is 17.8 Å². The first kappa shape index (κ1) is 24.9. The number of halogens is 1. The lowest BCUT2D eigenvalue weighted by atomic mass is 9.88. The van der Waals surface area contributed by atoms with E-state index in [2.05, 4.69) is 41.2 Å². The minimum absolute atomic E-state index is 0.0808. The van der Waals surface area contributed by atoms with Gasteiger partial charge in [0.15, 0.2) is 11.6 Å². The molecular formula is C26H31FN4O3S. The van der Waals surface area contributed by atoms with Crippen LogP contribution in [0, 0.1) is 5.82 Å². The van der Waals surface area contributed by atoms with Gasteiger partial charge >= 0.3 is 0 Å². The fourth-order valence-electron chi connectivity index (χ4n) is 4.50. The van der Waals surface area contributed by atoms with E-state index in [1.54, 1.807) is 12.3 Å². The molecule has 0 saturated carbocycles. The van der Waals surface area contributed by atoms with E-state index in [1.807, 2.05) is 6.07 Å². The number of sulfonamides is 1. The Morgan fingerprint density at radius 3 is 2.34 bits per heavy atom. The summed E-state index contributed by atoms with van der Waals surface area (Å²) >= 11 is 0. The topological polar surface area (TPSA) is 88.8 Å². The zero-order valence-electron chi connectivity index (χ0n) is 20.5. The number of nitrogens with zero attached hydrogens (tertiary/aromatic N) is 3. The lowest BCUT2D eigenvalue weighted by Crippen LogP contribution is -2.29. The molecule has 0 unspecified atom stereocenters. The van der Waals surface area contributed by atoms with Crippen molar-refractivity contribution in [2.45, 2.75) is 18.8 Å². The molecule has 1 aliphatic rings. The highest BCUT2D eigenvalue weighted by molar-refractivity contribution is 7.92. The van der Waals surface area contributed by atoms with Gasteiger partial charge in [-0.15, -0.1) is 0 Å². The average Bonchev–Trinajstić information content (AvgIpc) is 2.83. The van der Waals surface area contributed by atoms with Crippen LogP contribution in [0.3, 0.4) is 0 Å². The van der Waals surface area contributed by atoms with E-state index >= 15 is 0 Å². The fourth-order valence-corrected chi connectivity index (χ4v) is 5.00. The van der Waals surface area contributed by atoms with E-state index in [4.69, 9.17) is 10.5 Å². The van der Waals surface area contributed by atoms with E-state index in [0.29, 0.717) is 17.0 Å². The quantitative estimate of drug-likeness (QED) is 0.544. The fraction of sp³-hybridized carbons (Fsp3) is 0.346. The number of pyridine rings is 1. The van der Waals surface area contributed by atoms with Gasteiger partial charge < -0.3 is 15.4 Å². The number of hydrogen-bond acceptors (Lipinski definition) is 6. The Hall–Kier alpha value is -3.17. The highest BCUT2D eigenvalue weighted by Gasteiger charge is 2.22. The molecule has 1 aliphatic heterocycles. The van der Waals surface area contributed by atoms with Crippen molar-refractivity contribution in [2.24, 2.45) is 0 Å². The monoisotopic (exact) mass is 498 g/mol. The second-order valence-electron chi connectivity index (χ2n) is 9.10. The van der Waals surface area contributed by atoms with Gasteiger partial charge in [-0.3, -0.25) is 4.31 Å². The van der Waals surface area contributed by atoms with Gasteiger partial charge in [0.25, 0.3) is 0 Å². The van der Waals surface area contributed by atoms with Gasteiger partial charge in [0, 0.05) is 24.4 Å². The first-order valence-corrected chi connectivity index (χ1v) is 13.3. The summed E-state index contributed by atoms with van der Waals surface area (Å²) in [6.45, 7) is 2.21. The van der Waals surface area contributed by atoms with Gasteiger partial charge in [0.2, 0.25) is 10.0 Å². The molecular weight excluding hydrogens is 467 g/mol. The molecule has 186 valence electrons. The molecule has 1 saturated heterocycles. The van der Waals surface area contributed by atoms with Crippen LogP contribution in [0.25, 0.3) is 22.3 Å². The number of hydrogen-bond donors (Lipinski definition) is 1. The molecule has 0 aliphatic carbocycles. The number of nitrogens with two attached hydrogens (primary N) is 1. The van der Waals surface area contributed by atoms with Gasteiger partial charge in [-0.05, 0) is 73.8 Å². The molecule has 0 bridgehead atoms. The molecule has 0 amide bonds. The van der Waals surface area contributed by atoms with Crippen LogP contribution in [-0.4, -0.2) is 58.9 Å². The standard InChI is InChI=1S/C26H31FN4O3S/c1-30-11-9-19(10-12-30)17-5-7-18(8-6-17)21-13-22(26(28)29-16-21)20-14-23(27)25(34-3)24(15-20)31(2)35(4,32)33/h5-8,13-16,19H,9-12H2,1-4H3,(H2,28,29). The first-order chi connectivity index (χ1) is 16.6. The van der Waals surface area contributed by atoms with Crippen molar-refractivity contribution >= 4 is 21.5 Å². The maximum atomic E-state index is 14.9. The average molecular weight is 499 g/mol. The smallest absolute Gasteiger partial charge is 0.232 e. The predicted molar refractivity (Wildman–Crippen MR) is 139 cm³/mol. The molecule has 1 fully saturated rings. The number of nitrogen functional groups attached to an aromatic ring is 1. The minimum Gasteiger partial charge on any atom is -0.492 e. The molecule has 0 atom stereocenters. The molecule has 35 heavy (non-hydrogen) atoms. The lowest BCUT2D eigenvalue weighted by Gasteiger charge is -2.29. The number of benzene rings is 2. The maximum absolute atomic E-state index is 14.9. The summed E-state index contributed by atoms with van der Waals surface area (Å²) in [5.74, 6) is -0.0706. The molecule has 2 heterocycles. The van der Waals surface area contributed by atoms with Crippen molar-refractivity contribution in [1.82, 2.24) is 9.88 Å². The van der Waals surface area contributed by atoms with E-state index < -0.39 is 15.8 Å². The van der Waals surface area contributed by atoms with E-state index in [9.17, 15) is 12.8 Å². The number of ether oxygens (including phenoxy) is 1. The summed E-state index contributed by atoms with van der Waals surface area (Å²) in [6.07, 6.45) is 5.03. The molecule has 3 aromatic rings. The van der Waals surface area contributed by atoms with Gasteiger partial charge in [-0.1, -0.05) is 24.3 Å². The van der Waals surface area contributed by atoms with Crippen molar-refractivity contribution < 1.29 is 17.5 Å². The predicted octanol–water partition coefficient (Wildman–Crippen LogP) is 4.35. The third-order valence-electron chi connectivity index (χ3n) is 6.73. The van der Waals surface area contributed by atoms with Gasteiger partial charge in [-0.2, -0.15) is 0 Å². The van der Waals surface area contributed by atoms with E-state index in [1.165, 1.54) is 25.8 Å². The highest BCUT2D eigenvalue weighted by atomic mass is 32.2. The van der Waals surface area contributed by atoms with Crippen molar-refractivity contribution in [3.8, 4) is 28.0 Å². The van der Waals surface area contributed by atoms with Gasteiger partial charge in [0.1, 0.15) is 5.82 Å². The molecule has 4 rings (SSSR count). The number of anilines is 2. The number of piperidine rings is 1. The first-order valence-electron chi connectivity index (χ1n) is 11.4. The Morgan fingerprint density at radius 2 is 1.74 bits per heavy atom. The van der Waals surface area contributed by atoms with E-state index in [0.717, 1.165) is 47.6 Å². The molecule has 0 spiro atoms. The van der Waals surface area contributed by atoms with Crippen LogP contribution in [0.2, 0.25) is 0 Å². The second kappa shape index (κ2) is 9.83. The molecule has 2 N–H and O–H groups in total. The minimum atomic E-state index is -3.64. The largest absolute Gasteiger partial charge is 0.492 e. The molecule has 9 heteroatoms. The summed E-state index contributed by atoms with van der Waals surface area (Å²) in [5.41, 5.74) is 10.3. The maximum Gasteiger partial charge on any atom is 0.232 e. The molecule has 1 aromatic heterocycles. The Kier molecular flexibility index (Phi) is 7.00. The summed E-state index contributed by atoms with van der Waals surface area (Å²) in [5, 5.41) is 0. The summed E-state index contributed by atoms with van der Waals surface area (Å²) in [4.78, 5) is 6.69. The Morgan fingerprint density at radius 1 is 1.09 bits per heavy atom. The van der Waals surface area contributed by atoms with Crippen LogP contribution in [0.5, 0.6) is 5.75 Å². The van der Waals surface area contributed by atoms with Crippen LogP contribution in [0.1, 0.15) is 24.3 Å². The zero-order chi connectivity index (χ0) is 25.3. The second-order valence-corrected chi connectivity index (χ2v) is 11.1. The number of rotatable bonds is 6. The molecule has 0 radical (unpaired) electrons. The van der Waals surface area contributed by atoms with Crippen LogP contribution in [0.4, 0.5) is 15.9 Å². The van der Waals surface area contributed by atoms with Crippen molar-refractivity contribution in [1.29, 1.82) is 0 Å². The number of methoxy groups -OCH3 is 1. The Balaban J connectivity index is 1.70. The molecule has 2 aromatic carbocycles. The molecule has 7 nitrogen and oxygen atoms in total. The number of likely N-dealkylation sites (tertiary alicyclic amines) is 1. The number of aromatic nitrogens is 1. The van der Waals surface area contributed by atoms with Crippen molar-refractivity contribution in [2.75, 3.05) is 50.6 Å². The third kappa shape index (κ3) is 5.26. The van der Waals surface area contributed by atoms with Crippen LogP contribution in [0.15, 0.2) is 48.7 Å². The highest BCUT2D eigenvalue weighted by Crippen LogP contribution is 2.39. The van der Waals surface area contributed by atoms with Crippen LogP contribution in [-0.2, 0) is 10.0 Å². The summed E-state index contributed by atoms with van der Waals surface area (Å²) in [6, 6.07) is 13.1. The van der Waals surface area contributed by atoms with Crippen LogP contribution >= 0.6 is 0 Å². The summed E-state index contributed by atoms with van der Waals surface area (Å²) in [7, 11) is 1.15. The third-order valence-corrected chi connectivity index (χ3v) is 7.92. The normalized spacial score (nSPS) is 15.2.